The van der Waals surface area contributed by atoms with Crippen LogP contribution in [-0.4, -0.2) is 120 Å². The molecule has 8 aliphatic rings. The number of thioether (sulfide) groups is 1. The highest BCUT2D eigenvalue weighted by atomic mass is 35.5. The lowest BCUT2D eigenvalue weighted by Crippen LogP contribution is -2.63. The maximum absolute atomic E-state index is 13.3. The first-order valence-corrected chi connectivity index (χ1v) is 25.1. The number of fused-ring (bicyclic) bond motifs is 3. The molecular formula is C47H66ClN11O3S. The SMILES string of the molecule is CC1SC2C(C(c3ccc(N4CC(C5CCN(C6CCC(C(=O)NC7CCC(Oc8ccc(C#N)c(Cl)c8)CC7)NN6)CC5)C4)cc3)=NC(CC3NCCO3)C3NNC(C)N32)C1C. The summed E-state index contributed by atoms with van der Waals surface area (Å²) in [5.41, 5.74) is 18.4. The summed E-state index contributed by atoms with van der Waals surface area (Å²) >= 11 is 8.31. The van der Waals surface area contributed by atoms with E-state index in [-0.39, 0.29) is 54.9 Å². The zero-order valence-electron chi connectivity index (χ0n) is 37.0. The van der Waals surface area contributed by atoms with Gasteiger partial charge in [0, 0.05) is 60.7 Å². The predicted octanol–water partition coefficient (Wildman–Crippen LogP) is 4.75. The van der Waals surface area contributed by atoms with Crippen molar-refractivity contribution >= 4 is 40.7 Å². The molecule has 14 nitrogen and oxygen atoms in total. The van der Waals surface area contributed by atoms with Crippen molar-refractivity contribution in [1.29, 1.82) is 5.26 Å². The maximum Gasteiger partial charge on any atom is 0.238 e. The van der Waals surface area contributed by atoms with Gasteiger partial charge in [-0.25, -0.2) is 21.7 Å². The van der Waals surface area contributed by atoms with Crippen molar-refractivity contribution in [2.75, 3.05) is 44.2 Å². The molecule has 0 aromatic heterocycles. The van der Waals surface area contributed by atoms with Crippen LogP contribution in [0.15, 0.2) is 47.5 Å². The number of amides is 1. The van der Waals surface area contributed by atoms with Crippen molar-refractivity contribution in [3.8, 4) is 11.8 Å². The molecule has 1 amide bonds. The number of hydrogen-bond acceptors (Lipinski definition) is 14. The van der Waals surface area contributed by atoms with Gasteiger partial charge >= 0.3 is 0 Å². The number of benzene rings is 2. The molecule has 7 fully saturated rings. The minimum Gasteiger partial charge on any atom is -0.490 e. The molecule has 2 aromatic carbocycles. The summed E-state index contributed by atoms with van der Waals surface area (Å²) in [6, 6.07) is 16.7. The number of hydrazine groups is 2. The molecule has 63 heavy (non-hydrogen) atoms. The third-order valence-electron chi connectivity index (χ3n) is 15.7. The van der Waals surface area contributed by atoms with Crippen LogP contribution < -0.4 is 42.0 Å². The first kappa shape index (κ1) is 43.9. The summed E-state index contributed by atoms with van der Waals surface area (Å²) in [6.07, 6.45) is 9.31. The highest BCUT2D eigenvalue weighted by Gasteiger charge is 2.53. The highest BCUT2D eigenvalue weighted by molar-refractivity contribution is 8.00. The molecule has 1 saturated carbocycles. The summed E-state index contributed by atoms with van der Waals surface area (Å²) < 4.78 is 12.2. The van der Waals surface area contributed by atoms with Crippen LogP contribution >= 0.6 is 23.4 Å². The summed E-state index contributed by atoms with van der Waals surface area (Å²) in [4.78, 5) is 26.7. The molecule has 16 heteroatoms. The molecule has 2 aromatic rings. The fourth-order valence-corrected chi connectivity index (χ4v) is 13.8. The maximum atomic E-state index is 13.3. The number of ether oxygens (including phenoxy) is 2. The minimum atomic E-state index is -0.225. The Morgan fingerprint density at radius 2 is 1.76 bits per heavy atom. The van der Waals surface area contributed by atoms with Gasteiger partial charge in [0.1, 0.15) is 24.1 Å². The van der Waals surface area contributed by atoms with Crippen LogP contribution in [0.1, 0.15) is 89.7 Å². The predicted molar refractivity (Wildman–Crippen MR) is 248 cm³/mol. The number of halogens is 1. The molecule has 340 valence electrons. The van der Waals surface area contributed by atoms with Gasteiger partial charge in [0.25, 0.3) is 0 Å². The molecule has 6 N–H and O–H groups in total. The molecule has 10 rings (SSSR count). The standard InChI is InChI=1S/C47H66ClN11O3S/c1-27-28(2)63-47-43(27)44(52-40(23-42-50-18-21-61-42)45-56-53-29(3)59(45)47)31-4-9-35(10-5-31)58-25-33(26-58)30-16-19-57(20-17-30)41-15-14-39(54-55-41)46(60)51-34-7-12-36(13-8-34)62-37-11-6-32(24-49)38(48)22-37/h4-6,9-11,22,27-30,33-34,36,39-43,45,47,50,53-56H,7-8,12-21,23,25-26H2,1-3H3,(H,51,60). The Labute approximate surface area is 382 Å². The summed E-state index contributed by atoms with van der Waals surface area (Å²) in [7, 11) is 0. The number of likely N-dealkylation sites (tertiary alicyclic amines) is 1. The second-order valence-electron chi connectivity index (χ2n) is 19.5. The van der Waals surface area contributed by atoms with Crippen LogP contribution in [0.3, 0.4) is 0 Å². The highest BCUT2D eigenvalue weighted by Crippen LogP contribution is 2.49. The molecule has 10 atom stereocenters. The van der Waals surface area contributed by atoms with E-state index in [1.54, 1.807) is 18.2 Å². The van der Waals surface area contributed by atoms with E-state index in [9.17, 15) is 4.79 Å². The molecule has 0 bridgehead atoms. The number of nitriles is 1. The van der Waals surface area contributed by atoms with Crippen molar-refractivity contribution in [2.45, 2.75) is 138 Å². The summed E-state index contributed by atoms with van der Waals surface area (Å²) in [6.45, 7) is 13.2. The van der Waals surface area contributed by atoms with E-state index >= 15 is 0 Å². The number of nitrogens with one attached hydrogen (secondary N) is 6. The van der Waals surface area contributed by atoms with Crippen LogP contribution in [-0.2, 0) is 9.53 Å². The smallest absolute Gasteiger partial charge is 0.238 e. The van der Waals surface area contributed by atoms with Crippen LogP contribution in [0.2, 0.25) is 5.02 Å². The number of carbonyl (C=O) groups is 1. The van der Waals surface area contributed by atoms with E-state index in [2.05, 4.69) is 110 Å². The first-order chi connectivity index (χ1) is 30.7. The third kappa shape index (κ3) is 9.24. The Morgan fingerprint density at radius 1 is 0.968 bits per heavy atom. The lowest BCUT2D eigenvalue weighted by molar-refractivity contribution is -0.125. The largest absolute Gasteiger partial charge is 0.490 e. The molecule has 7 heterocycles. The summed E-state index contributed by atoms with van der Waals surface area (Å²) in [5, 5.41) is 17.3. The number of carbonyl (C=O) groups excluding carboxylic acids is 1. The van der Waals surface area contributed by atoms with Gasteiger partial charge in [-0.1, -0.05) is 37.6 Å². The van der Waals surface area contributed by atoms with E-state index in [1.165, 1.54) is 29.8 Å². The van der Waals surface area contributed by atoms with Gasteiger partial charge in [0.15, 0.2) is 0 Å². The van der Waals surface area contributed by atoms with E-state index in [4.69, 9.17) is 31.3 Å². The van der Waals surface area contributed by atoms with Crippen LogP contribution in [0, 0.1) is 35.0 Å². The first-order valence-electron chi connectivity index (χ1n) is 23.8. The Hall–Kier alpha value is -3.01. The molecular weight excluding hydrogens is 834 g/mol. The van der Waals surface area contributed by atoms with Crippen LogP contribution in [0.5, 0.6) is 5.75 Å². The van der Waals surface area contributed by atoms with Crippen LogP contribution in [0.4, 0.5) is 5.69 Å². The number of rotatable bonds is 10. The van der Waals surface area contributed by atoms with Gasteiger partial charge in [-0.05, 0) is 119 Å². The molecule has 10 unspecified atom stereocenters. The van der Waals surface area contributed by atoms with Gasteiger partial charge in [0.05, 0.1) is 53.2 Å². The normalized spacial score (nSPS) is 36.7. The Balaban J connectivity index is 0.671. The topological polar surface area (TPSA) is 154 Å². The lowest BCUT2D eigenvalue weighted by Gasteiger charge is -2.48. The Morgan fingerprint density at radius 3 is 2.46 bits per heavy atom. The Kier molecular flexibility index (Phi) is 13.3. The average molecular weight is 901 g/mol. The van der Waals surface area contributed by atoms with Crippen LogP contribution in [0.25, 0.3) is 0 Å². The number of aliphatic imine (C=N–C) groups is 1. The van der Waals surface area contributed by atoms with E-state index in [1.807, 2.05) is 0 Å². The monoisotopic (exact) mass is 899 g/mol. The molecule has 6 saturated heterocycles. The fourth-order valence-electron chi connectivity index (χ4n) is 11.7. The second kappa shape index (κ2) is 19.1. The molecule has 0 radical (unpaired) electrons. The zero-order chi connectivity index (χ0) is 43.2. The van der Waals surface area contributed by atoms with Gasteiger partial charge in [-0.15, -0.1) is 11.8 Å². The number of anilines is 1. The molecule has 1 aliphatic carbocycles. The second-order valence-corrected chi connectivity index (χ2v) is 21.4. The average Bonchev–Trinajstić information content (AvgIpc) is 3.99. The third-order valence-corrected chi connectivity index (χ3v) is 17.7. The quantitative estimate of drug-likeness (QED) is 0.195. The molecule has 7 aliphatic heterocycles. The Bertz CT molecular complexity index is 1990. The van der Waals surface area contributed by atoms with Crippen molar-refractivity contribution in [3.05, 3.63) is 58.6 Å². The van der Waals surface area contributed by atoms with E-state index in [0.29, 0.717) is 38.8 Å². The minimum absolute atomic E-state index is 0.0404. The van der Waals surface area contributed by atoms with Gasteiger partial charge in [0.2, 0.25) is 5.91 Å². The van der Waals surface area contributed by atoms with E-state index in [0.717, 1.165) is 96.1 Å². The van der Waals surface area contributed by atoms with Gasteiger partial charge in [-0.2, -0.15) is 5.26 Å². The van der Waals surface area contributed by atoms with Crippen molar-refractivity contribution < 1.29 is 14.3 Å². The van der Waals surface area contributed by atoms with Crippen molar-refractivity contribution in [2.24, 2.45) is 28.7 Å². The lowest BCUT2D eigenvalue weighted by atomic mass is 9.79. The van der Waals surface area contributed by atoms with Crippen molar-refractivity contribution in [1.82, 2.24) is 42.1 Å². The summed E-state index contributed by atoms with van der Waals surface area (Å²) in [5.74, 6) is 3.14. The number of hydrogen-bond donors (Lipinski definition) is 6. The number of piperidine rings is 1. The van der Waals surface area contributed by atoms with Crippen molar-refractivity contribution in [3.63, 3.8) is 0 Å². The van der Waals surface area contributed by atoms with Gasteiger partial charge < -0.3 is 19.7 Å². The molecule has 0 spiro atoms. The number of nitrogens with zero attached hydrogens (tertiary/aromatic N) is 5. The van der Waals surface area contributed by atoms with Gasteiger partial charge in [-0.3, -0.25) is 24.9 Å². The fraction of sp³-hybridized carbons (Fsp3) is 0.681. The zero-order valence-corrected chi connectivity index (χ0v) is 38.6. The van der Waals surface area contributed by atoms with E-state index < -0.39 is 0 Å².